The van der Waals surface area contributed by atoms with E-state index in [1.54, 1.807) is 9.80 Å². The maximum atomic E-state index is 12.3. The van der Waals surface area contributed by atoms with Gasteiger partial charge in [-0.05, 0) is 19.1 Å². The van der Waals surface area contributed by atoms with Gasteiger partial charge in [-0.15, -0.1) is 23.1 Å². The van der Waals surface area contributed by atoms with Crippen LogP contribution in [-0.4, -0.2) is 66.0 Å². The van der Waals surface area contributed by atoms with E-state index in [1.807, 2.05) is 19.1 Å². The molecule has 128 valence electrons. The molecule has 0 bridgehead atoms. The van der Waals surface area contributed by atoms with Gasteiger partial charge in [0.25, 0.3) is 0 Å². The van der Waals surface area contributed by atoms with Crippen molar-refractivity contribution < 1.29 is 14.3 Å². The molecule has 5 nitrogen and oxygen atoms in total. The first kappa shape index (κ1) is 18.6. The van der Waals surface area contributed by atoms with Crippen LogP contribution in [-0.2, 0) is 20.9 Å². The molecule has 1 aromatic rings. The minimum atomic E-state index is 0.0526. The van der Waals surface area contributed by atoms with Crippen LogP contribution in [0, 0.1) is 0 Å². The predicted molar refractivity (Wildman–Crippen MR) is 95.1 cm³/mol. The molecule has 2 rings (SSSR count). The fourth-order valence-corrected chi connectivity index (χ4v) is 4.14. The molecular weight excluding hydrogens is 356 g/mol. The van der Waals surface area contributed by atoms with E-state index in [0.29, 0.717) is 50.9 Å². The first-order chi connectivity index (χ1) is 11.1. The molecule has 2 amide bonds. The summed E-state index contributed by atoms with van der Waals surface area (Å²) < 4.78 is 5.96. The monoisotopic (exact) mass is 376 g/mol. The van der Waals surface area contributed by atoms with E-state index in [-0.39, 0.29) is 11.8 Å². The molecule has 0 radical (unpaired) electrons. The Kier molecular flexibility index (Phi) is 7.69. The van der Waals surface area contributed by atoms with Crippen LogP contribution < -0.4 is 0 Å². The summed E-state index contributed by atoms with van der Waals surface area (Å²) in [6, 6.07) is 3.79. The first-order valence-electron chi connectivity index (χ1n) is 7.55. The number of halogens is 1. The van der Waals surface area contributed by atoms with E-state index in [0.717, 1.165) is 9.21 Å². The average molecular weight is 377 g/mol. The quantitative estimate of drug-likeness (QED) is 0.733. The summed E-state index contributed by atoms with van der Waals surface area (Å²) in [5.74, 6) is 0.799. The van der Waals surface area contributed by atoms with Crippen molar-refractivity contribution in [2.75, 3.05) is 44.4 Å². The van der Waals surface area contributed by atoms with Gasteiger partial charge in [0.2, 0.25) is 11.8 Å². The van der Waals surface area contributed by atoms with Gasteiger partial charge in [-0.1, -0.05) is 11.6 Å². The van der Waals surface area contributed by atoms with E-state index >= 15 is 0 Å². The third-order valence-electron chi connectivity index (χ3n) is 3.52. The first-order valence-corrected chi connectivity index (χ1v) is 9.90. The lowest BCUT2D eigenvalue weighted by Crippen LogP contribution is -2.41. The molecule has 0 aromatic carbocycles. The fourth-order valence-electron chi connectivity index (χ4n) is 2.22. The van der Waals surface area contributed by atoms with Gasteiger partial charge in [0.15, 0.2) is 0 Å². The SMILES string of the molecule is CCN(Cc1ccc(Cl)s1)C(=O)CSCC(=O)N1CCOCC1. The fraction of sp³-hybridized carbons (Fsp3) is 0.600. The van der Waals surface area contributed by atoms with Crippen LogP contribution >= 0.6 is 34.7 Å². The molecule has 0 N–H and O–H groups in total. The Balaban J connectivity index is 1.72. The van der Waals surface area contributed by atoms with Crippen molar-refractivity contribution >= 4 is 46.5 Å². The highest BCUT2D eigenvalue weighted by atomic mass is 35.5. The molecule has 0 aliphatic carbocycles. The standard InChI is InChI=1S/C15H21ClN2O3S2/c1-2-17(9-12-3-4-13(16)23-12)14(19)10-22-11-15(20)18-5-7-21-8-6-18/h3-4H,2,5-11H2,1H3. The summed E-state index contributed by atoms with van der Waals surface area (Å²) in [4.78, 5) is 29.0. The molecule has 0 spiro atoms. The zero-order chi connectivity index (χ0) is 16.7. The van der Waals surface area contributed by atoms with Gasteiger partial charge in [-0.3, -0.25) is 9.59 Å². The number of carbonyl (C=O) groups excluding carboxylic acids is 2. The number of nitrogens with zero attached hydrogens (tertiary/aromatic N) is 2. The molecule has 0 saturated carbocycles. The largest absolute Gasteiger partial charge is 0.378 e. The summed E-state index contributed by atoms with van der Waals surface area (Å²) in [6.07, 6.45) is 0. The van der Waals surface area contributed by atoms with Crippen LogP contribution in [0.1, 0.15) is 11.8 Å². The molecule has 1 aromatic heterocycles. The molecular formula is C15H21ClN2O3S2. The summed E-state index contributed by atoms with van der Waals surface area (Å²) in [5, 5.41) is 0. The van der Waals surface area contributed by atoms with E-state index < -0.39 is 0 Å². The maximum absolute atomic E-state index is 12.3. The van der Waals surface area contributed by atoms with Crippen LogP contribution in [0.5, 0.6) is 0 Å². The van der Waals surface area contributed by atoms with E-state index in [2.05, 4.69) is 0 Å². The minimum Gasteiger partial charge on any atom is -0.378 e. The number of hydrogen-bond acceptors (Lipinski definition) is 5. The summed E-state index contributed by atoms with van der Waals surface area (Å²) in [7, 11) is 0. The van der Waals surface area contributed by atoms with Crippen molar-refractivity contribution in [2.45, 2.75) is 13.5 Å². The lowest BCUT2D eigenvalue weighted by Gasteiger charge is -2.26. The maximum Gasteiger partial charge on any atom is 0.232 e. The van der Waals surface area contributed by atoms with Gasteiger partial charge < -0.3 is 14.5 Å². The zero-order valence-corrected chi connectivity index (χ0v) is 15.5. The Morgan fingerprint density at radius 1 is 1.35 bits per heavy atom. The summed E-state index contributed by atoms with van der Waals surface area (Å²) in [5.41, 5.74) is 0. The van der Waals surface area contributed by atoms with Gasteiger partial charge >= 0.3 is 0 Å². The van der Waals surface area contributed by atoms with Crippen molar-refractivity contribution in [3.8, 4) is 0 Å². The number of thiophene rings is 1. The molecule has 1 fully saturated rings. The third kappa shape index (κ3) is 5.99. The highest BCUT2D eigenvalue weighted by Crippen LogP contribution is 2.23. The van der Waals surface area contributed by atoms with Crippen molar-refractivity contribution in [3.63, 3.8) is 0 Å². The van der Waals surface area contributed by atoms with Gasteiger partial charge in [0.05, 0.1) is 35.6 Å². The predicted octanol–water partition coefficient (Wildman–Crippen LogP) is 2.34. The molecule has 1 aliphatic rings. The van der Waals surface area contributed by atoms with Crippen LogP contribution in [0.15, 0.2) is 12.1 Å². The topological polar surface area (TPSA) is 49.9 Å². The second-order valence-corrected chi connectivity index (χ2v) is 7.88. The smallest absolute Gasteiger partial charge is 0.232 e. The lowest BCUT2D eigenvalue weighted by atomic mass is 10.4. The third-order valence-corrected chi connectivity index (χ3v) is 5.64. The lowest BCUT2D eigenvalue weighted by molar-refractivity contribution is -0.132. The van der Waals surface area contributed by atoms with E-state index in [4.69, 9.17) is 16.3 Å². The second kappa shape index (κ2) is 9.52. The minimum absolute atomic E-state index is 0.0526. The number of rotatable bonds is 7. The van der Waals surface area contributed by atoms with Crippen molar-refractivity contribution in [1.82, 2.24) is 9.80 Å². The van der Waals surface area contributed by atoms with Gasteiger partial charge in [-0.2, -0.15) is 0 Å². The van der Waals surface area contributed by atoms with E-state index in [9.17, 15) is 9.59 Å². The van der Waals surface area contributed by atoms with Gasteiger partial charge in [0, 0.05) is 24.5 Å². The summed E-state index contributed by atoms with van der Waals surface area (Å²) >= 11 is 8.78. The second-order valence-electron chi connectivity index (χ2n) is 5.10. The molecule has 2 heterocycles. The van der Waals surface area contributed by atoms with Crippen molar-refractivity contribution in [2.24, 2.45) is 0 Å². The Morgan fingerprint density at radius 2 is 2.09 bits per heavy atom. The highest BCUT2D eigenvalue weighted by Gasteiger charge is 2.18. The zero-order valence-electron chi connectivity index (χ0n) is 13.1. The van der Waals surface area contributed by atoms with E-state index in [1.165, 1.54) is 23.1 Å². The molecule has 0 atom stereocenters. The number of thioether (sulfide) groups is 1. The average Bonchev–Trinajstić information content (AvgIpc) is 2.98. The number of hydrogen-bond donors (Lipinski definition) is 0. The summed E-state index contributed by atoms with van der Waals surface area (Å²) in [6.45, 7) is 5.67. The Morgan fingerprint density at radius 3 is 2.70 bits per heavy atom. The van der Waals surface area contributed by atoms with Crippen LogP contribution in [0.4, 0.5) is 0 Å². The van der Waals surface area contributed by atoms with Crippen LogP contribution in [0.3, 0.4) is 0 Å². The molecule has 1 aliphatic heterocycles. The number of amides is 2. The molecule has 23 heavy (non-hydrogen) atoms. The van der Waals surface area contributed by atoms with Gasteiger partial charge in [0.1, 0.15) is 0 Å². The Labute approximate surface area is 149 Å². The molecule has 1 saturated heterocycles. The Hall–Kier alpha value is -0.760. The highest BCUT2D eigenvalue weighted by molar-refractivity contribution is 8.00. The number of carbonyl (C=O) groups is 2. The molecule has 8 heteroatoms. The van der Waals surface area contributed by atoms with Crippen molar-refractivity contribution in [3.05, 3.63) is 21.3 Å². The number of ether oxygens (including phenoxy) is 1. The Bertz CT molecular complexity index is 533. The van der Waals surface area contributed by atoms with Crippen LogP contribution in [0.25, 0.3) is 0 Å². The molecule has 0 unspecified atom stereocenters. The number of morpholine rings is 1. The van der Waals surface area contributed by atoms with Crippen molar-refractivity contribution in [1.29, 1.82) is 0 Å². The normalized spacial score (nSPS) is 14.8. The van der Waals surface area contributed by atoms with Gasteiger partial charge in [-0.25, -0.2) is 0 Å². The van der Waals surface area contributed by atoms with Crippen LogP contribution in [0.2, 0.25) is 4.34 Å².